The van der Waals surface area contributed by atoms with Crippen molar-refractivity contribution in [3.05, 3.63) is 0 Å². The second-order valence-electron chi connectivity index (χ2n) is 5.39. The highest BCUT2D eigenvalue weighted by Gasteiger charge is 2.27. The van der Waals surface area contributed by atoms with Gasteiger partial charge >= 0.3 is 0 Å². The number of nitrogens with one attached hydrogen (secondary N) is 1. The van der Waals surface area contributed by atoms with Crippen LogP contribution < -0.4 is 5.32 Å². The smallest absolute Gasteiger partial charge is 0.0292 e. The first-order valence-corrected chi connectivity index (χ1v) is 9.53. The highest BCUT2D eigenvalue weighted by atomic mass is 32.2. The third-order valence-corrected chi connectivity index (χ3v) is 6.99. The average Bonchev–Trinajstić information content (AvgIpc) is 2.40. The van der Waals surface area contributed by atoms with Crippen LogP contribution in [0.1, 0.15) is 45.4 Å². The molecule has 1 aliphatic heterocycles. The van der Waals surface area contributed by atoms with Gasteiger partial charge in [0.1, 0.15) is 0 Å². The maximum atomic E-state index is 3.77. The van der Waals surface area contributed by atoms with Crippen LogP contribution in [0.4, 0.5) is 0 Å². The number of hydrogen-bond donors (Lipinski definition) is 1. The van der Waals surface area contributed by atoms with Crippen LogP contribution in [-0.2, 0) is 0 Å². The summed E-state index contributed by atoms with van der Waals surface area (Å²) in [6.45, 7) is 3.40. The third-order valence-electron chi connectivity index (χ3n) is 4.07. The first-order valence-electron chi connectivity index (χ1n) is 7.33. The zero-order valence-corrected chi connectivity index (χ0v) is 12.8. The average molecular weight is 274 g/mol. The van der Waals surface area contributed by atoms with Gasteiger partial charge in [0.25, 0.3) is 0 Å². The van der Waals surface area contributed by atoms with Gasteiger partial charge in [-0.25, -0.2) is 0 Å². The summed E-state index contributed by atoms with van der Waals surface area (Å²) in [4.78, 5) is 0. The molecule has 100 valence electrons. The summed E-state index contributed by atoms with van der Waals surface area (Å²) in [7, 11) is 0. The van der Waals surface area contributed by atoms with Gasteiger partial charge in [0.2, 0.25) is 0 Å². The molecule has 2 rings (SSSR count). The van der Waals surface area contributed by atoms with E-state index in [1.54, 1.807) is 0 Å². The van der Waals surface area contributed by atoms with Gasteiger partial charge in [-0.3, -0.25) is 0 Å². The van der Waals surface area contributed by atoms with Crippen LogP contribution in [0.3, 0.4) is 0 Å². The molecule has 0 radical (unpaired) electrons. The van der Waals surface area contributed by atoms with Gasteiger partial charge in [-0.15, -0.1) is 0 Å². The van der Waals surface area contributed by atoms with Crippen LogP contribution in [0.15, 0.2) is 0 Å². The van der Waals surface area contributed by atoms with E-state index in [1.165, 1.54) is 55.8 Å². The van der Waals surface area contributed by atoms with Gasteiger partial charge < -0.3 is 5.32 Å². The molecule has 1 saturated heterocycles. The molecular formula is C14H27NS2. The van der Waals surface area contributed by atoms with Crippen LogP contribution in [0.2, 0.25) is 0 Å². The molecule has 0 aromatic rings. The van der Waals surface area contributed by atoms with Gasteiger partial charge in [-0.1, -0.05) is 39.0 Å². The molecule has 2 aliphatic rings. The Labute approximate surface area is 115 Å². The van der Waals surface area contributed by atoms with Crippen molar-refractivity contribution in [2.75, 3.05) is 23.8 Å². The van der Waals surface area contributed by atoms with Crippen molar-refractivity contribution < 1.29 is 0 Å². The van der Waals surface area contributed by atoms with E-state index < -0.39 is 0 Å². The van der Waals surface area contributed by atoms with Crippen molar-refractivity contribution in [2.24, 2.45) is 5.92 Å². The van der Waals surface area contributed by atoms with Crippen molar-refractivity contribution in [3.63, 3.8) is 0 Å². The lowest BCUT2D eigenvalue weighted by atomic mass is 9.84. The van der Waals surface area contributed by atoms with Gasteiger partial charge in [0, 0.05) is 28.6 Å². The Hall–Kier alpha value is 0.660. The van der Waals surface area contributed by atoms with Crippen LogP contribution in [-0.4, -0.2) is 35.1 Å². The Balaban J connectivity index is 1.81. The van der Waals surface area contributed by atoms with Crippen molar-refractivity contribution in [1.82, 2.24) is 5.32 Å². The summed E-state index contributed by atoms with van der Waals surface area (Å²) in [5.41, 5.74) is 0. The Morgan fingerprint density at radius 2 is 2.00 bits per heavy atom. The highest BCUT2D eigenvalue weighted by Crippen LogP contribution is 2.33. The minimum Gasteiger partial charge on any atom is -0.313 e. The molecule has 1 heterocycles. The maximum Gasteiger partial charge on any atom is 0.0292 e. The second-order valence-corrected chi connectivity index (χ2v) is 7.88. The topological polar surface area (TPSA) is 12.0 Å². The fraction of sp³-hybridized carbons (Fsp3) is 1.00. The number of hydrogen-bond acceptors (Lipinski definition) is 3. The zero-order chi connectivity index (χ0) is 11.9. The van der Waals surface area contributed by atoms with E-state index in [4.69, 9.17) is 0 Å². The SMILES string of the molecule is CCNC(CC1CCCCC1)C1CSCCS1. The fourth-order valence-electron chi connectivity index (χ4n) is 3.15. The Bertz CT molecular complexity index is 198. The second kappa shape index (κ2) is 7.96. The lowest BCUT2D eigenvalue weighted by molar-refractivity contribution is 0.299. The minimum absolute atomic E-state index is 0.779. The molecule has 1 aliphatic carbocycles. The van der Waals surface area contributed by atoms with E-state index in [2.05, 4.69) is 35.8 Å². The van der Waals surface area contributed by atoms with Crippen molar-refractivity contribution in [3.8, 4) is 0 Å². The molecule has 1 nitrogen and oxygen atoms in total. The summed E-state index contributed by atoms with van der Waals surface area (Å²) in [6.07, 6.45) is 8.87. The molecule has 0 aromatic heterocycles. The molecule has 1 N–H and O–H groups in total. The number of thioether (sulfide) groups is 2. The third kappa shape index (κ3) is 4.68. The molecule has 2 fully saturated rings. The van der Waals surface area contributed by atoms with E-state index >= 15 is 0 Å². The summed E-state index contributed by atoms with van der Waals surface area (Å²) in [5.74, 6) is 5.11. The molecule has 0 bridgehead atoms. The van der Waals surface area contributed by atoms with Crippen LogP contribution in [0.25, 0.3) is 0 Å². The monoisotopic (exact) mass is 273 g/mol. The zero-order valence-electron chi connectivity index (χ0n) is 11.1. The standard InChI is InChI=1S/C14H27NS2/c1-2-15-13(14-11-16-8-9-17-14)10-12-6-4-3-5-7-12/h12-15H,2-11H2,1H3. The largest absolute Gasteiger partial charge is 0.313 e. The molecular weight excluding hydrogens is 246 g/mol. The normalized spacial score (nSPS) is 29.1. The van der Waals surface area contributed by atoms with Crippen molar-refractivity contribution in [2.45, 2.75) is 56.7 Å². The Kier molecular flexibility index (Phi) is 6.59. The Morgan fingerprint density at radius 3 is 2.65 bits per heavy atom. The van der Waals surface area contributed by atoms with E-state index in [-0.39, 0.29) is 0 Å². The van der Waals surface area contributed by atoms with Crippen LogP contribution in [0, 0.1) is 5.92 Å². The molecule has 2 unspecified atom stereocenters. The molecule has 2 atom stereocenters. The van der Waals surface area contributed by atoms with Crippen molar-refractivity contribution >= 4 is 23.5 Å². The lowest BCUT2D eigenvalue weighted by Crippen LogP contribution is -2.42. The summed E-state index contributed by atoms with van der Waals surface area (Å²) in [5, 5.41) is 4.64. The van der Waals surface area contributed by atoms with E-state index in [9.17, 15) is 0 Å². The fourth-order valence-corrected chi connectivity index (χ4v) is 6.05. The lowest BCUT2D eigenvalue weighted by Gasteiger charge is -2.33. The summed E-state index contributed by atoms with van der Waals surface area (Å²) >= 11 is 4.37. The molecule has 0 aromatic carbocycles. The van der Waals surface area contributed by atoms with Gasteiger partial charge in [-0.2, -0.15) is 23.5 Å². The quantitative estimate of drug-likeness (QED) is 0.818. The van der Waals surface area contributed by atoms with E-state index in [0.717, 1.165) is 23.8 Å². The predicted molar refractivity (Wildman–Crippen MR) is 82.2 cm³/mol. The van der Waals surface area contributed by atoms with Crippen LogP contribution in [0.5, 0.6) is 0 Å². The Morgan fingerprint density at radius 1 is 1.18 bits per heavy atom. The van der Waals surface area contributed by atoms with E-state index in [1.807, 2.05) is 0 Å². The predicted octanol–water partition coefficient (Wildman–Crippen LogP) is 3.78. The highest BCUT2D eigenvalue weighted by molar-refractivity contribution is 8.06. The van der Waals surface area contributed by atoms with Crippen LogP contribution >= 0.6 is 23.5 Å². The van der Waals surface area contributed by atoms with Gasteiger partial charge in [0.05, 0.1) is 0 Å². The first-order chi connectivity index (χ1) is 8.40. The first kappa shape index (κ1) is 14.1. The molecule has 1 saturated carbocycles. The molecule has 3 heteroatoms. The minimum atomic E-state index is 0.779. The van der Waals surface area contributed by atoms with Crippen molar-refractivity contribution in [1.29, 1.82) is 0 Å². The maximum absolute atomic E-state index is 3.77. The molecule has 17 heavy (non-hydrogen) atoms. The van der Waals surface area contributed by atoms with E-state index in [0.29, 0.717) is 0 Å². The van der Waals surface area contributed by atoms with Gasteiger partial charge in [-0.05, 0) is 18.9 Å². The summed E-state index contributed by atoms with van der Waals surface area (Å²) < 4.78 is 0. The molecule has 0 amide bonds. The van der Waals surface area contributed by atoms with Gasteiger partial charge in [0.15, 0.2) is 0 Å². The molecule has 0 spiro atoms. The number of rotatable bonds is 5. The summed E-state index contributed by atoms with van der Waals surface area (Å²) in [6, 6.07) is 0.779.